The van der Waals surface area contributed by atoms with Crippen molar-refractivity contribution < 1.29 is 9.53 Å². The standard InChI is InChI=1S/C18H19N3O4S/c1-20-16(23)12-10-14(26-17(12)21(2)18(20)24)15(22)19-9-8-11-6-4-5-7-13(11)25-3/h4-7,10H,8-9H2,1-3H3,(H,19,22). The lowest BCUT2D eigenvalue weighted by molar-refractivity contribution is 0.0958. The first kappa shape index (κ1) is 17.9. The highest BCUT2D eigenvalue weighted by molar-refractivity contribution is 7.20. The number of carbonyl (C=O) groups excluding carboxylic acids is 1. The predicted octanol–water partition coefficient (Wildman–Crippen LogP) is 1.28. The maximum atomic E-state index is 12.4. The first-order chi connectivity index (χ1) is 12.4. The molecule has 136 valence electrons. The molecule has 3 rings (SSSR count). The summed E-state index contributed by atoms with van der Waals surface area (Å²) in [4.78, 5) is 37.5. The normalized spacial score (nSPS) is 10.9. The van der Waals surface area contributed by atoms with Crippen LogP contribution in [0.4, 0.5) is 0 Å². The summed E-state index contributed by atoms with van der Waals surface area (Å²) in [5.41, 5.74) is 0.197. The van der Waals surface area contributed by atoms with Crippen LogP contribution in [0.25, 0.3) is 10.2 Å². The van der Waals surface area contributed by atoms with Crippen molar-refractivity contribution in [1.82, 2.24) is 14.5 Å². The Labute approximate surface area is 153 Å². The summed E-state index contributed by atoms with van der Waals surface area (Å²) in [7, 11) is 4.62. The molecular formula is C18H19N3O4S. The Morgan fingerprint density at radius 2 is 1.92 bits per heavy atom. The number of hydrogen-bond donors (Lipinski definition) is 1. The minimum Gasteiger partial charge on any atom is -0.496 e. The number of rotatable bonds is 5. The van der Waals surface area contributed by atoms with Crippen molar-refractivity contribution in [3.8, 4) is 5.75 Å². The van der Waals surface area contributed by atoms with Crippen LogP contribution in [0, 0.1) is 0 Å². The van der Waals surface area contributed by atoms with Gasteiger partial charge in [0.1, 0.15) is 10.6 Å². The molecule has 1 aromatic carbocycles. The van der Waals surface area contributed by atoms with E-state index in [1.54, 1.807) is 20.2 Å². The van der Waals surface area contributed by atoms with E-state index in [2.05, 4.69) is 5.32 Å². The molecule has 8 heteroatoms. The largest absolute Gasteiger partial charge is 0.496 e. The Hall–Kier alpha value is -2.87. The van der Waals surface area contributed by atoms with Gasteiger partial charge in [-0.1, -0.05) is 18.2 Å². The summed E-state index contributed by atoms with van der Waals surface area (Å²) < 4.78 is 7.72. The highest BCUT2D eigenvalue weighted by Crippen LogP contribution is 2.22. The molecule has 0 aliphatic rings. The van der Waals surface area contributed by atoms with Crippen LogP contribution in [-0.4, -0.2) is 28.7 Å². The SMILES string of the molecule is COc1ccccc1CCNC(=O)c1cc2c(=O)n(C)c(=O)n(C)c2s1. The van der Waals surface area contributed by atoms with E-state index in [0.29, 0.717) is 28.1 Å². The predicted molar refractivity (Wildman–Crippen MR) is 101 cm³/mol. The van der Waals surface area contributed by atoms with Gasteiger partial charge in [0.05, 0.1) is 17.4 Å². The summed E-state index contributed by atoms with van der Waals surface area (Å²) in [6.45, 7) is 0.435. The van der Waals surface area contributed by atoms with Gasteiger partial charge in [-0.15, -0.1) is 11.3 Å². The van der Waals surface area contributed by atoms with Crippen LogP contribution in [0.5, 0.6) is 5.75 Å². The Bertz CT molecular complexity index is 1090. The monoisotopic (exact) mass is 373 g/mol. The zero-order chi connectivity index (χ0) is 18.8. The molecule has 0 atom stereocenters. The maximum absolute atomic E-state index is 12.4. The molecule has 0 aliphatic heterocycles. The van der Waals surface area contributed by atoms with Crippen molar-refractivity contribution in [1.29, 1.82) is 0 Å². The molecule has 1 amide bonds. The van der Waals surface area contributed by atoms with Gasteiger partial charge in [0.15, 0.2) is 0 Å². The lowest BCUT2D eigenvalue weighted by Gasteiger charge is -2.08. The molecule has 1 N–H and O–H groups in total. The summed E-state index contributed by atoms with van der Waals surface area (Å²) in [6.07, 6.45) is 0.626. The number of thiophene rings is 1. The summed E-state index contributed by atoms with van der Waals surface area (Å²) >= 11 is 1.14. The quantitative estimate of drug-likeness (QED) is 0.730. The number of aryl methyl sites for hydroxylation is 1. The molecular weight excluding hydrogens is 354 g/mol. The van der Waals surface area contributed by atoms with Crippen LogP contribution < -0.4 is 21.3 Å². The summed E-state index contributed by atoms with van der Waals surface area (Å²) in [5.74, 6) is 0.512. The van der Waals surface area contributed by atoms with E-state index in [0.717, 1.165) is 27.2 Å². The van der Waals surface area contributed by atoms with Gasteiger partial charge >= 0.3 is 5.69 Å². The van der Waals surface area contributed by atoms with E-state index >= 15 is 0 Å². The molecule has 0 saturated heterocycles. The Morgan fingerprint density at radius 3 is 2.65 bits per heavy atom. The van der Waals surface area contributed by atoms with E-state index in [-0.39, 0.29) is 5.91 Å². The molecule has 0 aliphatic carbocycles. The fourth-order valence-electron chi connectivity index (χ4n) is 2.78. The molecule has 0 saturated carbocycles. The zero-order valence-electron chi connectivity index (χ0n) is 14.7. The van der Waals surface area contributed by atoms with Crippen LogP contribution in [0.1, 0.15) is 15.2 Å². The molecule has 0 bridgehead atoms. The number of benzene rings is 1. The van der Waals surface area contributed by atoms with Gasteiger partial charge in [-0.05, 0) is 24.1 Å². The number of hydrogen-bond acceptors (Lipinski definition) is 5. The van der Waals surface area contributed by atoms with E-state index in [9.17, 15) is 14.4 Å². The molecule has 0 radical (unpaired) electrons. The van der Waals surface area contributed by atoms with E-state index in [1.807, 2.05) is 24.3 Å². The van der Waals surface area contributed by atoms with Gasteiger partial charge in [-0.25, -0.2) is 4.79 Å². The van der Waals surface area contributed by atoms with Crippen molar-refractivity contribution in [3.63, 3.8) is 0 Å². The minimum atomic E-state index is -0.410. The lowest BCUT2D eigenvalue weighted by atomic mass is 10.1. The number of aromatic nitrogens is 2. The van der Waals surface area contributed by atoms with Crippen LogP contribution in [-0.2, 0) is 20.5 Å². The first-order valence-electron chi connectivity index (χ1n) is 8.03. The van der Waals surface area contributed by atoms with E-state index in [4.69, 9.17) is 4.74 Å². The highest BCUT2D eigenvalue weighted by Gasteiger charge is 2.16. The zero-order valence-corrected chi connectivity index (χ0v) is 15.6. The third-order valence-corrected chi connectivity index (χ3v) is 5.43. The van der Waals surface area contributed by atoms with Crippen molar-refractivity contribution in [2.75, 3.05) is 13.7 Å². The smallest absolute Gasteiger partial charge is 0.331 e. The number of methoxy groups -OCH3 is 1. The van der Waals surface area contributed by atoms with Gasteiger partial charge in [-0.2, -0.15) is 0 Å². The molecule has 3 aromatic rings. The number of para-hydroxylation sites is 1. The third kappa shape index (κ3) is 3.15. The molecule has 0 fully saturated rings. The third-order valence-electron chi connectivity index (χ3n) is 4.22. The average molecular weight is 373 g/mol. The molecule has 0 unspecified atom stereocenters. The summed E-state index contributed by atoms with van der Waals surface area (Å²) in [6, 6.07) is 9.18. The molecule has 2 heterocycles. The van der Waals surface area contributed by atoms with Crippen molar-refractivity contribution in [2.45, 2.75) is 6.42 Å². The van der Waals surface area contributed by atoms with Crippen molar-refractivity contribution in [3.05, 3.63) is 61.6 Å². The van der Waals surface area contributed by atoms with Crippen LogP contribution in [0.3, 0.4) is 0 Å². The fourth-order valence-corrected chi connectivity index (χ4v) is 3.80. The molecule has 0 spiro atoms. The van der Waals surface area contributed by atoms with Gasteiger partial charge < -0.3 is 10.1 Å². The van der Waals surface area contributed by atoms with Crippen molar-refractivity contribution in [2.24, 2.45) is 14.1 Å². The second kappa shape index (κ2) is 7.17. The van der Waals surface area contributed by atoms with Crippen molar-refractivity contribution >= 4 is 27.5 Å². The molecule has 2 aromatic heterocycles. The molecule has 26 heavy (non-hydrogen) atoms. The minimum absolute atomic E-state index is 0.268. The topological polar surface area (TPSA) is 82.3 Å². The molecule has 7 nitrogen and oxygen atoms in total. The fraction of sp³-hybridized carbons (Fsp3) is 0.278. The van der Waals surface area contributed by atoms with Crippen LogP contribution in [0.15, 0.2) is 39.9 Å². The van der Waals surface area contributed by atoms with Gasteiger partial charge in [0, 0.05) is 20.6 Å². The Kier molecular flexibility index (Phi) is 4.94. The first-order valence-corrected chi connectivity index (χ1v) is 8.85. The Morgan fingerprint density at radius 1 is 1.19 bits per heavy atom. The maximum Gasteiger partial charge on any atom is 0.331 e. The van der Waals surface area contributed by atoms with Gasteiger partial charge in [0.2, 0.25) is 0 Å². The average Bonchev–Trinajstić information content (AvgIpc) is 3.10. The number of nitrogens with one attached hydrogen (secondary N) is 1. The number of fused-ring (bicyclic) bond motifs is 1. The Balaban J connectivity index is 1.78. The van der Waals surface area contributed by atoms with Gasteiger partial charge in [0.25, 0.3) is 11.5 Å². The second-order valence-electron chi connectivity index (χ2n) is 5.85. The second-order valence-corrected chi connectivity index (χ2v) is 6.88. The number of amides is 1. The van der Waals surface area contributed by atoms with Crippen LogP contribution >= 0.6 is 11.3 Å². The van der Waals surface area contributed by atoms with E-state index in [1.165, 1.54) is 11.6 Å². The van der Waals surface area contributed by atoms with Gasteiger partial charge in [-0.3, -0.25) is 18.7 Å². The number of nitrogens with zero attached hydrogens (tertiary/aromatic N) is 2. The lowest BCUT2D eigenvalue weighted by Crippen LogP contribution is -2.36. The highest BCUT2D eigenvalue weighted by atomic mass is 32.1. The number of ether oxygens (including phenoxy) is 1. The van der Waals surface area contributed by atoms with Crippen LogP contribution in [0.2, 0.25) is 0 Å². The number of carbonyl (C=O) groups is 1. The summed E-state index contributed by atoms with van der Waals surface area (Å²) in [5, 5.41) is 3.22. The van der Waals surface area contributed by atoms with E-state index < -0.39 is 11.2 Å².